The van der Waals surface area contributed by atoms with E-state index in [0.29, 0.717) is 5.13 Å². The lowest BCUT2D eigenvalue weighted by Gasteiger charge is -2.06. The van der Waals surface area contributed by atoms with Gasteiger partial charge in [0.25, 0.3) is 5.91 Å². The topological polar surface area (TPSA) is 51.2 Å². The number of hydrogen-bond donors (Lipinski definition) is 1. The van der Waals surface area contributed by atoms with E-state index in [1.165, 1.54) is 35.6 Å². The summed E-state index contributed by atoms with van der Waals surface area (Å²) < 4.78 is 28.9. The molecule has 0 aliphatic heterocycles. The Kier molecular flexibility index (Phi) is 5.27. The van der Waals surface area contributed by atoms with Crippen LogP contribution in [0.1, 0.15) is 21.5 Å². The fourth-order valence-electron chi connectivity index (χ4n) is 2.45. The van der Waals surface area contributed by atoms with Crippen LogP contribution in [0.2, 0.25) is 0 Å². The standard InChI is InChI=1S/C19H16F2N2O2S/c1-11-6-7-12(2)15(8-11)16-10-26-19(22-16)23-17(24)13-4-3-5-14(9-13)25-18(20)21/h3-10,18H,1-2H3,(H,22,23,24). The van der Waals surface area contributed by atoms with Crippen molar-refractivity contribution in [3.8, 4) is 17.0 Å². The number of anilines is 1. The Labute approximate surface area is 153 Å². The number of nitrogens with one attached hydrogen (secondary N) is 1. The number of benzene rings is 2. The molecule has 1 heterocycles. The molecule has 26 heavy (non-hydrogen) atoms. The summed E-state index contributed by atoms with van der Waals surface area (Å²) in [6, 6.07) is 11.7. The normalized spacial score (nSPS) is 10.8. The highest BCUT2D eigenvalue weighted by Crippen LogP contribution is 2.28. The van der Waals surface area contributed by atoms with E-state index in [4.69, 9.17) is 0 Å². The maximum Gasteiger partial charge on any atom is 0.387 e. The van der Waals surface area contributed by atoms with E-state index in [9.17, 15) is 13.6 Å². The van der Waals surface area contributed by atoms with Crippen LogP contribution in [0, 0.1) is 13.8 Å². The van der Waals surface area contributed by atoms with Crippen molar-refractivity contribution in [1.29, 1.82) is 0 Å². The number of aromatic nitrogens is 1. The molecule has 3 rings (SSSR count). The van der Waals surface area contributed by atoms with E-state index in [1.54, 1.807) is 0 Å². The summed E-state index contributed by atoms with van der Waals surface area (Å²) in [6.07, 6.45) is 0. The van der Waals surface area contributed by atoms with Gasteiger partial charge in [-0.3, -0.25) is 10.1 Å². The van der Waals surface area contributed by atoms with Gasteiger partial charge in [0.2, 0.25) is 0 Å². The predicted molar refractivity (Wildman–Crippen MR) is 98.1 cm³/mol. The van der Waals surface area contributed by atoms with Crippen molar-refractivity contribution in [2.45, 2.75) is 20.5 Å². The Hall–Kier alpha value is -2.80. The van der Waals surface area contributed by atoms with Crippen LogP contribution in [0.3, 0.4) is 0 Å². The SMILES string of the molecule is Cc1ccc(C)c(-c2csc(NC(=O)c3cccc(OC(F)F)c3)n2)c1. The van der Waals surface area contributed by atoms with Crippen LogP contribution in [0.25, 0.3) is 11.3 Å². The smallest absolute Gasteiger partial charge is 0.387 e. The predicted octanol–water partition coefficient (Wildman–Crippen LogP) is 5.28. The molecule has 3 aromatic rings. The zero-order valence-electron chi connectivity index (χ0n) is 14.1. The molecule has 7 heteroatoms. The second kappa shape index (κ2) is 7.61. The monoisotopic (exact) mass is 374 g/mol. The van der Waals surface area contributed by atoms with Gasteiger partial charge in [-0.25, -0.2) is 4.98 Å². The van der Waals surface area contributed by atoms with Gasteiger partial charge in [-0.15, -0.1) is 11.3 Å². The Morgan fingerprint density at radius 1 is 1.19 bits per heavy atom. The molecule has 1 amide bonds. The molecule has 0 fully saturated rings. The zero-order chi connectivity index (χ0) is 18.7. The Balaban J connectivity index is 1.77. The molecule has 134 valence electrons. The van der Waals surface area contributed by atoms with Gasteiger partial charge in [0.15, 0.2) is 5.13 Å². The first-order valence-electron chi connectivity index (χ1n) is 7.82. The van der Waals surface area contributed by atoms with Crippen LogP contribution in [0.15, 0.2) is 47.8 Å². The Bertz CT molecular complexity index is 941. The molecule has 0 aliphatic rings. The summed E-state index contributed by atoms with van der Waals surface area (Å²) in [5.41, 5.74) is 4.22. The summed E-state index contributed by atoms with van der Waals surface area (Å²) in [5.74, 6) is -0.505. The van der Waals surface area contributed by atoms with Crippen molar-refractivity contribution in [2.75, 3.05) is 5.32 Å². The first kappa shape index (κ1) is 18.0. The minimum absolute atomic E-state index is 0.0668. The molecule has 0 atom stereocenters. The summed E-state index contributed by atoms with van der Waals surface area (Å²) in [7, 11) is 0. The van der Waals surface area contributed by atoms with Crippen molar-refractivity contribution in [3.05, 3.63) is 64.5 Å². The van der Waals surface area contributed by atoms with E-state index in [2.05, 4.69) is 15.0 Å². The quantitative estimate of drug-likeness (QED) is 0.661. The molecular formula is C19H16F2N2O2S. The molecule has 2 aromatic carbocycles. The van der Waals surface area contributed by atoms with Crippen LogP contribution in [-0.4, -0.2) is 17.5 Å². The number of aryl methyl sites for hydroxylation is 2. The third kappa shape index (κ3) is 4.23. The number of ether oxygens (including phenoxy) is 1. The molecule has 1 N–H and O–H groups in total. The lowest BCUT2D eigenvalue weighted by molar-refractivity contribution is -0.0498. The van der Waals surface area contributed by atoms with Crippen LogP contribution in [0.4, 0.5) is 13.9 Å². The highest BCUT2D eigenvalue weighted by Gasteiger charge is 2.13. The van der Waals surface area contributed by atoms with Crippen molar-refractivity contribution < 1.29 is 18.3 Å². The number of hydrogen-bond acceptors (Lipinski definition) is 4. The first-order valence-corrected chi connectivity index (χ1v) is 8.70. The minimum Gasteiger partial charge on any atom is -0.435 e. The number of carbonyl (C=O) groups is 1. The molecule has 4 nitrogen and oxygen atoms in total. The first-order chi connectivity index (χ1) is 12.4. The Morgan fingerprint density at radius 3 is 2.77 bits per heavy atom. The maximum absolute atomic E-state index is 12.3. The molecular weight excluding hydrogens is 358 g/mol. The van der Waals surface area contributed by atoms with Gasteiger partial charge in [-0.1, -0.05) is 23.8 Å². The molecule has 0 saturated heterocycles. The number of halogens is 2. The average Bonchev–Trinajstić information content (AvgIpc) is 3.05. The van der Waals surface area contributed by atoms with E-state index in [-0.39, 0.29) is 11.3 Å². The number of alkyl halides is 2. The van der Waals surface area contributed by atoms with Crippen LogP contribution in [0.5, 0.6) is 5.75 Å². The van der Waals surface area contributed by atoms with Gasteiger partial charge in [0.05, 0.1) is 5.69 Å². The van der Waals surface area contributed by atoms with E-state index >= 15 is 0 Å². The number of carbonyl (C=O) groups excluding carboxylic acids is 1. The maximum atomic E-state index is 12.3. The van der Waals surface area contributed by atoms with Crippen molar-refractivity contribution in [2.24, 2.45) is 0 Å². The third-order valence-corrected chi connectivity index (χ3v) is 4.47. The van der Waals surface area contributed by atoms with Crippen LogP contribution >= 0.6 is 11.3 Å². The van der Waals surface area contributed by atoms with Gasteiger partial charge in [0, 0.05) is 16.5 Å². The highest BCUT2D eigenvalue weighted by molar-refractivity contribution is 7.14. The van der Waals surface area contributed by atoms with Crippen LogP contribution in [-0.2, 0) is 0 Å². The summed E-state index contributed by atoms with van der Waals surface area (Å²) in [5, 5.41) is 4.99. The molecule has 0 spiro atoms. The molecule has 0 aliphatic carbocycles. The van der Waals surface area contributed by atoms with Gasteiger partial charge in [-0.05, 0) is 43.7 Å². The summed E-state index contributed by atoms with van der Waals surface area (Å²) in [6.45, 7) is 1.07. The highest BCUT2D eigenvalue weighted by atomic mass is 32.1. The second-order valence-electron chi connectivity index (χ2n) is 5.72. The van der Waals surface area contributed by atoms with Crippen molar-refractivity contribution >= 4 is 22.4 Å². The lowest BCUT2D eigenvalue weighted by Crippen LogP contribution is -2.12. The number of rotatable bonds is 5. The molecule has 0 saturated carbocycles. The van der Waals surface area contributed by atoms with Gasteiger partial charge in [-0.2, -0.15) is 8.78 Å². The van der Waals surface area contributed by atoms with Gasteiger partial charge in [0.1, 0.15) is 5.75 Å². The second-order valence-corrected chi connectivity index (χ2v) is 6.57. The largest absolute Gasteiger partial charge is 0.435 e. The fourth-order valence-corrected chi connectivity index (χ4v) is 3.16. The molecule has 0 radical (unpaired) electrons. The molecule has 1 aromatic heterocycles. The average molecular weight is 374 g/mol. The lowest BCUT2D eigenvalue weighted by atomic mass is 10.0. The van der Waals surface area contributed by atoms with Crippen molar-refractivity contribution in [1.82, 2.24) is 4.98 Å². The summed E-state index contributed by atoms with van der Waals surface area (Å²) in [4.78, 5) is 16.8. The Morgan fingerprint density at radius 2 is 2.00 bits per heavy atom. The molecule has 0 unspecified atom stereocenters. The van der Waals surface area contributed by atoms with E-state index in [0.717, 1.165) is 22.4 Å². The summed E-state index contributed by atoms with van der Waals surface area (Å²) >= 11 is 1.30. The van der Waals surface area contributed by atoms with Crippen molar-refractivity contribution in [3.63, 3.8) is 0 Å². The van der Waals surface area contributed by atoms with E-state index < -0.39 is 12.5 Å². The van der Waals surface area contributed by atoms with E-state index in [1.807, 2.05) is 37.4 Å². The number of thiazole rings is 1. The van der Waals surface area contributed by atoms with Gasteiger partial charge < -0.3 is 4.74 Å². The number of nitrogens with zero attached hydrogens (tertiary/aromatic N) is 1. The minimum atomic E-state index is -2.94. The third-order valence-electron chi connectivity index (χ3n) is 3.72. The zero-order valence-corrected chi connectivity index (χ0v) is 14.9. The fraction of sp³-hybridized carbons (Fsp3) is 0.158. The van der Waals surface area contributed by atoms with Gasteiger partial charge >= 0.3 is 6.61 Å². The molecule has 0 bridgehead atoms. The van der Waals surface area contributed by atoms with Crippen LogP contribution < -0.4 is 10.1 Å². The number of amides is 1.